The first-order chi connectivity index (χ1) is 7.27. The minimum atomic E-state index is -0.645. The van der Waals surface area contributed by atoms with Gasteiger partial charge in [-0.05, 0) is 6.07 Å². The normalized spacial score (nSPS) is 10.2. The van der Waals surface area contributed by atoms with Gasteiger partial charge < -0.3 is 9.15 Å². The average Bonchev–Trinajstić information content (AvgIpc) is 2.66. The van der Waals surface area contributed by atoms with Gasteiger partial charge in [-0.25, -0.2) is 4.79 Å². The van der Waals surface area contributed by atoms with Crippen molar-refractivity contribution in [3.05, 3.63) is 35.6 Å². The summed E-state index contributed by atoms with van der Waals surface area (Å²) in [5.41, 5.74) is 0.734. The van der Waals surface area contributed by atoms with E-state index < -0.39 is 5.97 Å². The first-order valence-electron chi connectivity index (χ1n) is 4.33. The summed E-state index contributed by atoms with van der Waals surface area (Å²) in [7, 11) is 1.24. The van der Waals surface area contributed by atoms with E-state index in [1.165, 1.54) is 7.11 Å². The van der Waals surface area contributed by atoms with Crippen molar-refractivity contribution < 1.29 is 18.7 Å². The number of fused-ring (bicyclic) bond motifs is 1. The second kappa shape index (κ2) is 3.57. The van der Waals surface area contributed by atoms with Crippen LogP contribution < -0.4 is 0 Å². The smallest absolute Gasteiger partial charge is 0.374 e. The highest BCUT2D eigenvalue weighted by Gasteiger charge is 2.20. The molecule has 0 atom stereocenters. The average molecular weight is 204 g/mol. The fraction of sp³-hybridized carbons (Fsp3) is 0.0909. The zero-order chi connectivity index (χ0) is 10.8. The summed E-state index contributed by atoms with van der Waals surface area (Å²) in [4.78, 5) is 22.1. The molecule has 0 N–H and O–H groups in total. The molecule has 0 aliphatic heterocycles. The van der Waals surface area contributed by atoms with E-state index in [0.717, 1.165) is 0 Å². The van der Waals surface area contributed by atoms with Crippen molar-refractivity contribution in [2.45, 2.75) is 0 Å². The number of furan rings is 1. The number of esters is 1. The van der Waals surface area contributed by atoms with Crippen molar-refractivity contribution in [3.8, 4) is 0 Å². The molecule has 0 spiro atoms. The SMILES string of the molecule is COC(=O)c1oc2ccccc2c1C=O. The van der Waals surface area contributed by atoms with Gasteiger partial charge in [0, 0.05) is 5.39 Å². The fourth-order valence-electron chi connectivity index (χ4n) is 1.43. The van der Waals surface area contributed by atoms with Gasteiger partial charge in [0.05, 0.1) is 12.7 Å². The highest BCUT2D eigenvalue weighted by molar-refractivity contribution is 6.06. The molecule has 0 unspecified atom stereocenters. The number of para-hydroxylation sites is 1. The monoisotopic (exact) mass is 204 g/mol. The molecule has 0 saturated heterocycles. The number of methoxy groups -OCH3 is 1. The van der Waals surface area contributed by atoms with Crippen LogP contribution in [0.4, 0.5) is 0 Å². The first kappa shape index (κ1) is 9.45. The van der Waals surface area contributed by atoms with Crippen LogP contribution in [0.15, 0.2) is 28.7 Å². The molecule has 0 radical (unpaired) electrons. The van der Waals surface area contributed by atoms with Crippen LogP contribution in [-0.2, 0) is 4.74 Å². The number of carbonyl (C=O) groups is 2. The summed E-state index contributed by atoms with van der Waals surface area (Å²) in [5, 5.41) is 0.618. The topological polar surface area (TPSA) is 56.5 Å². The van der Waals surface area contributed by atoms with Crippen molar-refractivity contribution in [3.63, 3.8) is 0 Å². The zero-order valence-electron chi connectivity index (χ0n) is 8.02. The standard InChI is InChI=1S/C11H8O4/c1-14-11(13)10-8(6-12)7-4-2-3-5-9(7)15-10/h2-6H,1H3. The summed E-state index contributed by atoms with van der Waals surface area (Å²) >= 11 is 0. The van der Waals surface area contributed by atoms with E-state index in [-0.39, 0.29) is 11.3 Å². The van der Waals surface area contributed by atoms with Crippen LogP contribution in [0.1, 0.15) is 20.9 Å². The Morgan fingerprint density at radius 3 is 2.80 bits per heavy atom. The fourth-order valence-corrected chi connectivity index (χ4v) is 1.43. The number of benzene rings is 1. The lowest BCUT2D eigenvalue weighted by Gasteiger charge is -1.93. The predicted molar refractivity (Wildman–Crippen MR) is 52.9 cm³/mol. The van der Waals surface area contributed by atoms with Gasteiger partial charge in [-0.3, -0.25) is 4.79 Å². The number of carbonyl (C=O) groups excluding carboxylic acids is 2. The summed E-state index contributed by atoms with van der Waals surface area (Å²) < 4.78 is 9.75. The number of rotatable bonds is 2. The Kier molecular flexibility index (Phi) is 2.25. The Balaban J connectivity index is 2.74. The van der Waals surface area contributed by atoms with Crippen molar-refractivity contribution in [1.29, 1.82) is 0 Å². The molecular weight excluding hydrogens is 196 g/mol. The van der Waals surface area contributed by atoms with Crippen LogP contribution in [0.25, 0.3) is 11.0 Å². The van der Waals surface area contributed by atoms with Gasteiger partial charge in [-0.15, -0.1) is 0 Å². The van der Waals surface area contributed by atoms with Crippen molar-refractivity contribution in [2.24, 2.45) is 0 Å². The lowest BCUT2D eigenvalue weighted by atomic mass is 10.1. The van der Waals surface area contributed by atoms with Crippen molar-refractivity contribution in [2.75, 3.05) is 7.11 Å². The molecule has 15 heavy (non-hydrogen) atoms. The summed E-state index contributed by atoms with van der Waals surface area (Å²) in [6.07, 6.45) is 0.595. The Hall–Kier alpha value is -2.10. The largest absolute Gasteiger partial charge is 0.463 e. The Labute approximate surface area is 85.4 Å². The van der Waals surface area contributed by atoms with Crippen LogP contribution in [0, 0.1) is 0 Å². The second-order valence-electron chi connectivity index (χ2n) is 2.95. The summed E-state index contributed by atoms with van der Waals surface area (Å²) in [5.74, 6) is -0.693. The molecule has 0 fully saturated rings. The molecule has 76 valence electrons. The van der Waals surface area contributed by atoms with Crippen LogP contribution in [-0.4, -0.2) is 19.4 Å². The Morgan fingerprint density at radius 1 is 1.40 bits per heavy atom. The number of ether oxygens (including phenoxy) is 1. The molecule has 1 heterocycles. The van der Waals surface area contributed by atoms with E-state index in [4.69, 9.17) is 4.42 Å². The summed E-state index contributed by atoms with van der Waals surface area (Å²) in [6.45, 7) is 0. The lowest BCUT2D eigenvalue weighted by Crippen LogP contribution is -2.02. The highest BCUT2D eigenvalue weighted by atomic mass is 16.5. The van der Waals surface area contributed by atoms with E-state index in [9.17, 15) is 9.59 Å². The molecule has 0 bridgehead atoms. The maximum atomic E-state index is 11.3. The van der Waals surface area contributed by atoms with Gasteiger partial charge in [-0.2, -0.15) is 0 Å². The van der Waals surface area contributed by atoms with Gasteiger partial charge in [-0.1, -0.05) is 18.2 Å². The molecule has 1 aromatic heterocycles. The molecule has 0 amide bonds. The van der Waals surface area contributed by atoms with Crippen LogP contribution >= 0.6 is 0 Å². The van der Waals surface area contributed by atoms with Gasteiger partial charge in [0.1, 0.15) is 5.58 Å². The number of hydrogen-bond donors (Lipinski definition) is 0. The third-order valence-electron chi connectivity index (χ3n) is 2.12. The van der Waals surface area contributed by atoms with E-state index in [1.807, 2.05) is 0 Å². The minimum Gasteiger partial charge on any atom is -0.463 e. The molecule has 4 heteroatoms. The Morgan fingerprint density at radius 2 is 2.13 bits per heavy atom. The van der Waals surface area contributed by atoms with Gasteiger partial charge >= 0.3 is 5.97 Å². The minimum absolute atomic E-state index is 0.0475. The van der Waals surface area contributed by atoms with E-state index in [2.05, 4.69) is 4.74 Å². The highest BCUT2D eigenvalue weighted by Crippen LogP contribution is 2.24. The van der Waals surface area contributed by atoms with E-state index in [0.29, 0.717) is 17.3 Å². The van der Waals surface area contributed by atoms with Crippen LogP contribution in [0.3, 0.4) is 0 Å². The molecular formula is C11H8O4. The van der Waals surface area contributed by atoms with Gasteiger partial charge in [0.2, 0.25) is 5.76 Å². The van der Waals surface area contributed by atoms with E-state index >= 15 is 0 Å². The molecule has 0 aliphatic rings. The van der Waals surface area contributed by atoms with Crippen LogP contribution in [0.2, 0.25) is 0 Å². The van der Waals surface area contributed by atoms with Crippen molar-refractivity contribution in [1.82, 2.24) is 0 Å². The third-order valence-corrected chi connectivity index (χ3v) is 2.12. The maximum Gasteiger partial charge on any atom is 0.374 e. The molecule has 0 aliphatic carbocycles. The van der Waals surface area contributed by atoms with Crippen LogP contribution in [0.5, 0.6) is 0 Å². The maximum absolute atomic E-state index is 11.3. The quantitative estimate of drug-likeness (QED) is 0.554. The number of aldehydes is 1. The lowest BCUT2D eigenvalue weighted by molar-refractivity contribution is 0.0565. The van der Waals surface area contributed by atoms with Gasteiger partial charge in [0.25, 0.3) is 0 Å². The molecule has 0 saturated carbocycles. The second-order valence-corrected chi connectivity index (χ2v) is 2.95. The first-order valence-corrected chi connectivity index (χ1v) is 4.33. The zero-order valence-corrected chi connectivity index (χ0v) is 8.02. The molecule has 2 aromatic rings. The van der Waals surface area contributed by atoms with E-state index in [1.54, 1.807) is 24.3 Å². The predicted octanol–water partition coefficient (Wildman–Crippen LogP) is 2.03. The molecule has 4 nitrogen and oxygen atoms in total. The van der Waals surface area contributed by atoms with Crippen molar-refractivity contribution >= 4 is 23.2 Å². The van der Waals surface area contributed by atoms with Gasteiger partial charge in [0.15, 0.2) is 6.29 Å². The number of hydrogen-bond acceptors (Lipinski definition) is 4. The Bertz CT molecular complexity index is 524. The molecule has 2 rings (SSSR count). The molecule has 1 aromatic carbocycles. The summed E-state index contributed by atoms with van der Waals surface area (Å²) in [6, 6.07) is 6.94. The third kappa shape index (κ3) is 1.40.